The van der Waals surface area contributed by atoms with Gasteiger partial charge in [-0.1, -0.05) is 51.1 Å². The van der Waals surface area contributed by atoms with Crippen LogP contribution in [0.15, 0.2) is 43.0 Å². The second-order valence-corrected chi connectivity index (χ2v) is 19.0. The highest BCUT2D eigenvalue weighted by Crippen LogP contribution is 2.45. The number of hydrogen-bond donors (Lipinski definition) is 3. The normalized spacial score (nSPS) is 23.9. The molecule has 0 bridgehead atoms. The van der Waals surface area contributed by atoms with Gasteiger partial charge in [-0.15, -0.1) is 6.58 Å². The van der Waals surface area contributed by atoms with Gasteiger partial charge in [-0.2, -0.15) is 0 Å². The molecular formula is C39H54FN5O10S. The number of hydrogen-bond acceptors (Lipinski definition) is 10. The summed E-state index contributed by atoms with van der Waals surface area (Å²) in [5.41, 5.74) is -1.61. The fourth-order valence-corrected chi connectivity index (χ4v) is 8.15. The standard InChI is InChI=1S/C39H54FN5O10S/c1-8-25-20-39(25,34(48)43-56(51,52)27-13-14-27)42-32(46)31-19-26(54-36(50)44-21-24-11-9-12-29(40)28(24)23-44)22-45(31)33(47)30(41-35(49)55-38(5,6)7)15-18-53-17-10-16-37(2,3)4/h8-12,16,25-27,30-31H,1,13-15,17-23H2,2-7H3,(H,41,49)(H,42,46)(H,43,48)/b16-10+/t25?,26-,30+,31?,39-/m1/s1. The van der Waals surface area contributed by atoms with E-state index >= 15 is 0 Å². The first-order chi connectivity index (χ1) is 26.1. The quantitative estimate of drug-likeness (QED) is 0.184. The molecule has 308 valence electrons. The van der Waals surface area contributed by atoms with Gasteiger partial charge in [0.2, 0.25) is 21.8 Å². The minimum atomic E-state index is -3.95. The third-order valence-electron chi connectivity index (χ3n) is 9.92. The number of alkyl carbamates (subject to hydrolysis) is 1. The molecule has 2 saturated carbocycles. The van der Waals surface area contributed by atoms with Crippen LogP contribution in [0.3, 0.4) is 0 Å². The first-order valence-corrected chi connectivity index (χ1v) is 20.4. The van der Waals surface area contributed by atoms with E-state index in [-0.39, 0.29) is 57.5 Å². The Morgan fingerprint density at radius 3 is 2.41 bits per heavy atom. The van der Waals surface area contributed by atoms with Crippen molar-refractivity contribution < 1.29 is 51.0 Å². The van der Waals surface area contributed by atoms with E-state index in [1.807, 2.05) is 32.9 Å². The molecule has 56 heavy (non-hydrogen) atoms. The van der Waals surface area contributed by atoms with Crippen molar-refractivity contribution in [3.8, 4) is 0 Å². The Morgan fingerprint density at radius 1 is 1.09 bits per heavy atom. The third kappa shape index (κ3) is 10.7. The van der Waals surface area contributed by atoms with Crippen molar-refractivity contribution in [2.45, 2.75) is 121 Å². The molecule has 1 aromatic carbocycles. The molecule has 1 saturated heterocycles. The van der Waals surface area contributed by atoms with Crippen molar-refractivity contribution in [3.63, 3.8) is 0 Å². The summed E-state index contributed by atoms with van der Waals surface area (Å²) < 4.78 is 58.9. The van der Waals surface area contributed by atoms with E-state index in [1.54, 1.807) is 32.9 Å². The van der Waals surface area contributed by atoms with Gasteiger partial charge in [0.15, 0.2) is 0 Å². The van der Waals surface area contributed by atoms with Gasteiger partial charge >= 0.3 is 12.2 Å². The van der Waals surface area contributed by atoms with Crippen molar-refractivity contribution >= 4 is 39.9 Å². The van der Waals surface area contributed by atoms with E-state index in [0.29, 0.717) is 24.0 Å². The lowest BCUT2D eigenvalue weighted by atomic mass is 9.96. The Labute approximate surface area is 327 Å². The monoisotopic (exact) mass is 803 g/mol. The summed E-state index contributed by atoms with van der Waals surface area (Å²) in [6.07, 6.45) is 3.29. The molecule has 2 aliphatic carbocycles. The number of halogens is 1. The summed E-state index contributed by atoms with van der Waals surface area (Å²) in [4.78, 5) is 71.0. The number of ether oxygens (including phenoxy) is 3. The van der Waals surface area contributed by atoms with Gasteiger partial charge in [0.05, 0.1) is 24.9 Å². The van der Waals surface area contributed by atoms with E-state index in [0.717, 1.165) is 0 Å². The highest BCUT2D eigenvalue weighted by molar-refractivity contribution is 7.91. The predicted molar refractivity (Wildman–Crippen MR) is 202 cm³/mol. The maximum absolute atomic E-state index is 14.5. The van der Waals surface area contributed by atoms with E-state index in [1.165, 1.54) is 21.9 Å². The predicted octanol–water partition coefficient (Wildman–Crippen LogP) is 3.82. The molecule has 0 radical (unpaired) electrons. The van der Waals surface area contributed by atoms with Crippen LogP contribution in [0.5, 0.6) is 0 Å². The Bertz CT molecular complexity index is 1850. The molecule has 4 aliphatic rings. The van der Waals surface area contributed by atoms with Gasteiger partial charge < -0.3 is 29.7 Å². The molecule has 3 N–H and O–H groups in total. The van der Waals surface area contributed by atoms with Gasteiger partial charge in [-0.05, 0) is 57.1 Å². The number of carbonyl (C=O) groups excluding carboxylic acids is 5. The lowest BCUT2D eigenvalue weighted by Gasteiger charge is -2.30. The highest BCUT2D eigenvalue weighted by Gasteiger charge is 2.62. The lowest BCUT2D eigenvalue weighted by molar-refractivity contribution is -0.141. The van der Waals surface area contributed by atoms with Gasteiger partial charge in [-0.3, -0.25) is 24.0 Å². The van der Waals surface area contributed by atoms with Crippen LogP contribution in [-0.2, 0) is 51.7 Å². The maximum Gasteiger partial charge on any atom is 0.410 e. The number of amides is 5. The van der Waals surface area contributed by atoms with Gasteiger partial charge in [0.1, 0.15) is 35.1 Å². The average Bonchev–Trinajstić information content (AvgIpc) is 3.98. The van der Waals surface area contributed by atoms with Crippen LogP contribution in [0.2, 0.25) is 0 Å². The smallest absolute Gasteiger partial charge is 0.410 e. The van der Waals surface area contributed by atoms with Crippen LogP contribution in [0.4, 0.5) is 14.0 Å². The van der Waals surface area contributed by atoms with Crippen LogP contribution < -0.4 is 15.4 Å². The number of likely N-dealkylation sites (tertiary alicyclic amines) is 1. The van der Waals surface area contributed by atoms with E-state index in [9.17, 15) is 36.8 Å². The van der Waals surface area contributed by atoms with Crippen LogP contribution in [0.25, 0.3) is 0 Å². The van der Waals surface area contributed by atoms with Crippen LogP contribution >= 0.6 is 0 Å². The van der Waals surface area contributed by atoms with Crippen molar-refractivity contribution in [1.29, 1.82) is 0 Å². The maximum atomic E-state index is 14.5. The molecule has 1 aromatic rings. The fraction of sp³-hybridized carbons (Fsp3) is 0.615. The number of carbonyl (C=O) groups is 5. The minimum absolute atomic E-state index is 0.0156. The molecule has 2 heterocycles. The summed E-state index contributed by atoms with van der Waals surface area (Å²) in [5.74, 6) is -3.46. The number of fused-ring (bicyclic) bond motifs is 1. The Kier molecular flexibility index (Phi) is 12.6. The Morgan fingerprint density at radius 2 is 1.80 bits per heavy atom. The van der Waals surface area contributed by atoms with Crippen LogP contribution in [0, 0.1) is 17.2 Å². The summed E-state index contributed by atoms with van der Waals surface area (Å²) in [6.45, 7) is 14.9. The number of allylic oxidation sites excluding steroid dienone is 1. The first kappa shape index (κ1) is 42.6. The Hall–Kier alpha value is -4.51. The molecule has 15 nitrogen and oxygen atoms in total. The largest absolute Gasteiger partial charge is 0.444 e. The van der Waals surface area contributed by atoms with Gasteiger partial charge in [-0.25, -0.2) is 22.4 Å². The Balaban J connectivity index is 1.36. The van der Waals surface area contributed by atoms with Crippen LogP contribution in [-0.4, -0.2) is 102 Å². The van der Waals surface area contributed by atoms with Crippen LogP contribution in [0.1, 0.15) is 84.8 Å². The summed E-state index contributed by atoms with van der Waals surface area (Å²) >= 11 is 0. The molecule has 2 unspecified atom stereocenters. The summed E-state index contributed by atoms with van der Waals surface area (Å²) in [7, 11) is -3.95. The third-order valence-corrected chi connectivity index (χ3v) is 11.7. The summed E-state index contributed by atoms with van der Waals surface area (Å²) in [5, 5.41) is 4.61. The minimum Gasteiger partial charge on any atom is -0.444 e. The zero-order valence-electron chi connectivity index (χ0n) is 32.9. The van der Waals surface area contributed by atoms with E-state index in [2.05, 4.69) is 21.9 Å². The van der Waals surface area contributed by atoms with Gasteiger partial charge in [0.25, 0.3) is 5.91 Å². The van der Waals surface area contributed by atoms with Gasteiger partial charge in [0, 0.05) is 37.5 Å². The SMILES string of the molecule is C=CC1C[C@]1(NC(=O)C1C[C@@H](OC(=O)N2Cc3cccc(F)c3C2)CN1C(=O)[C@H](CCOC/C=C/C(C)(C)C)NC(=O)OC(C)(C)C)C(=O)NS(=O)(=O)C1CC1. The lowest BCUT2D eigenvalue weighted by Crippen LogP contribution is -2.58. The second-order valence-electron chi connectivity index (χ2n) is 17.0. The molecular weight excluding hydrogens is 750 g/mol. The number of nitrogens with zero attached hydrogens (tertiary/aromatic N) is 2. The molecule has 5 amide bonds. The fourth-order valence-electron chi connectivity index (χ4n) is 6.78. The van der Waals surface area contributed by atoms with E-state index in [4.69, 9.17) is 14.2 Å². The number of rotatable bonds is 14. The highest BCUT2D eigenvalue weighted by atomic mass is 32.2. The molecule has 5 atom stereocenters. The molecule has 3 fully saturated rings. The average molecular weight is 804 g/mol. The van der Waals surface area contributed by atoms with Crippen molar-refractivity contribution in [2.24, 2.45) is 11.3 Å². The second kappa shape index (κ2) is 16.5. The topological polar surface area (TPSA) is 190 Å². The zero-order valence-corrected chi connectivity index (χ0v) is 33.7. The number of nitrogens with one attached hydrogen (secondary N) is 3. The number of sulfonamides is 1. The van der Waals surface area contributed by atoms with E-state index < -0.39 is 86.2 Å². The molecule has 2 aliphatic heterocycles. The zero-order chi connectivity index (χ0) is 41.2. The van der Waals surface area contributed by atoms with Crippen molar-refractivity contribution in [1.82, 2.24) is 25.2 Å². The number of benzene rings is 1. The molecule has 17 heteroatoms. The molecule has 0 aromatic heterocycles. The summed E-state index contributed by atoms with van der Waals surface area (Å²) in [6, 6.07) is 1.99. The molecule has 5 rings (SSSR count). The van der Waals surface area contributed by atoms with Crippen molar-refractivity contribution in [3.05, 3.63) is 60.0 Å². The van der Waals surface area contributed by atoms with Crippen molar-refractivity contribution in [2.75, 3.05) is 19.8 Å². The first-order valence-electron chi connectivity index (χ1n) is 18.9. The molecule has 0 spiro atoms.